The average Bonchev–Trinajstić information content (AvgIpc) is 3.05. The number of sulfonamides is 1. The highest BCUT2D eigenvalue weighted by atomic mass is 32.2. The largest absolute Gasteiger partial charge is 0.468 e. The van der Waals surface area contributed by atoms with Gasteiger partial charge in [0.25, 0.3) is 0 Å². The van der Waals surface area contributed by atoms with E-state index in [1.54, 1.807) is 24.3 Å². The molecule has 6 nitrogen and oxygen atoms in total. The fourth-order valence-electron chi connectivity index (χ4n) is 2.24. The summed E-state index contributed by atoms with van der Waals surface area (Å²) in [5, 5.41) is 3.88. The van der Waals surface area contributed by atoms with Gasteiger partial charge in [-0.05, 0) is 44.5 Å². The van der Waals surface area contributed by atoms with Gasteiger partial charge in [-0.2, -0.15) is 4.31 Å². The van der Waals surface area contributed by atoms with Crippen LogP contribution < -0.4 is 5.32 Å². The van der Waals surface area contributed by atoms with Gasteiger partial charge in [0, 0.05) is 10.9 Å². The van der Waals surface area contributed by atoms with Crippen LogP contribution >= 0.6 is 0 Å². The van der Waals surface area contributed by atoms with Gasteiger partial charge in [-0.15, -0.1) is 0 Å². The van der Waals surface area contributed by atoms with Crippen LogP contribution in [0, 0.1) is 0 Å². The molecule has 0 spiro atoms. The summed E-state index contributed by atoms with van der Waals surface area (Å²) in [6, 6.07) is 12.4. The molecule has 26 heavy (non-hydrogen) atoms. The number of nitrogens with zero attached hydrogens (tertiary/aromatic N) is 1. The Labute approximate surface area is 154 Å². The first-order chi connectivity index (χ1) is 12.2. The summed E-state index contributed by atoms with van der Waals surface area (Å²) >= 11 is 0. The summed E-state index contributed by atoms with van der Waals surface area (Å²) < 4.78 is 31.8. The second kappa shape index (κ2) is 8.33. The molecule has 0 aliphatic rings. The number of carbonyl (C=O) groups is 1. The van der Waals surface area contributed by atoms with Crippen LogP contribution in [0.3, 0.4) is 0 Å². The first kappa shape index (κ1) is 19.9. The predicted molar refractivity (Wildman–Crippen MR) is 101 cm³/mol. The molecule has 0 aliphatic carbocycles. The maximum absolute atomic E-state index is 12.7. The van der Waals surface area contributed by atoms with Crippen molar-refractivity contribution in [3.8, 4) is 0 Å². The van der Waals surface area contributed by atoms with Crippen LogP contribution in [0.4, 0.5) is 0 Å². The summed E-state index contributed by atoms with van der Waals surface area (Å²) in [4.78, 5) is 12.2. The number of carbonyl (C=O) groups excluding carboxylic acids is 1. The van der Waals surface area contributed by atoms with Crippen molar-refractivity contribution in [2.45, 2.75) is 32.9 Å². The molecule has 1 heterocycles. The molecule has 140 valence electrons. The lowest BCUT2D eigenvalue weighted by atomic mass is 10.1. The number of hydrogen-bond acceptors (Lipinski definition) is 4. The molecule has 1 aromatic carbocycles. The Morgan fingerprint density at radius 3 is 2.42 bits per heavy atom. The summed E-state index contributed by atoms with van der Waals surface area (Å²) in [5.74, 6) is 0.0889. The minimum Gasteiger partial charge on any atom is -0.468 e. The monoisotopic (exact) mass is 376 g/mol. The van der Waals surface area contributed by atoms with E-state index in [0.717, 1.165) is 15.3 Å². The molecule has 0 unspecified atom stereocenters. The van der Waals surface area contributed by atoms with Crippen molar-refractivity contribution in [2.24, 2.45) is 0 Å². The third kappa shape index (κ3) is 6.50. The van der Waals surface area contributed by atoms with Gasteiger partial charge >= 0.3 is 0 Å². The Hall–Kier alpha value is -2.38. The van der Waals surface area contributed by atoms with E-state index < -0.39 is 15.6 Å². The molecular formula is C19H24N2O4S. The first-order valence-corrected chi connectivity index (χ1v) is 9.73. The van der Waals surface area contributed by atoms with E-state index >= 15 is 0 Å². The molecule has 2 rings (SSSR count). The second-order valence-corrected chi connectivity index (χ2v) is 8.72. The van der Waals surface area contributed by atoms with E-state index in [-0.39, 0.29) is 19.0 Å². The first-order valence-electron chi connectivity index (χ1n) is 8.22. The van der Waals surface area contributed by atoms with E-state index in [2.05, 4.69) is 5.32 Å². The van der Waals surface area contributed by atoms with E-state index in [1.165, 1.54) is 12.3 Å². The smallest absolute Gasteiger partial charge is 0.237 e. The van der Waals surface area contributed by atoms with Crippen LogP contribution in [-0.2, 0) is 21.4 Å². The van der Waals surface area contributed by atoms with Crippen molar-refractivity contribution in [3.05, 3.63) is 65.5 Å². The topological polar surface area (TPSA) is 79.6 Å². The third-order valence-corrected chi connectivity index (χ3v) is 4.80. The maximum atomic E-state index is 12.7. The Morgan fingerprint density at radius 2 is 1.85 bits per heavy atom. The van der Waals surface area contributed by atoms with Crippen LogP contribution in [-0.4, -0.2) is 30.7 Å². The zero-order valence-electron chi connectivity index (χ0n) is 15.2. The molecule has 0 atom stereocenters. The molecule has 2 aromatic rings. The Kier molecular flexibility index (Phi) is 6.39. The maximum Gasteiger partial charge on any atom is 0.237 e. The van der Waals surface area contributed by atoms with E-state index in [0.29, 0.717) is 5.76 Å². The van der Waals surface area contributed by atoms with E-state index in [1.807, 2.05) is 39.0 Å². The van der Waals surface area contributed by atoms with Crippen molar-refractivity contribution in [2.75, 3.05) is 6.54 Å². The van der Waals surface area contributed by atoms with Crippen molar-refractivity contribution >= 4 is 22.0 Å². The summed E-state index contributed by atoms with van der Waals surface area (Å²) in [7, 11) is -3.82. The third-order valence-electron chi connectivity index (χ3n) is 3.34. The summed E-state index contributed by atoms with van der Waals surface area (Å²) in [6.07, 6.45) is 2.97. The molecule has 0 fully saturated rings. The highest BCUT2D eigenvalue weighted by Gasteiger charge is 2.25. The molecule has 0 saturated carbocycles. The second-order valence-electron chi connectivity index (χ2n) is 6.90. The number of amides is 1. The van der Waals surface area contributed by atoms with Crippen LogP contribution in [0.25, 0.3) is 6.08 Å². The average molecular weight is 376 g/mol. The number of hydrogen-bond donors (Lipinski definition) is 1. The molecule has 1 N–H and O–H groups in total. The molecule has 1 amide bonds. The number of benzene rings is 1. The van der Waals surface area contributed by atoms with E-state index in [4.69, 9.17) is 4.42 Å². The van der Waals surface area contributed by atoms with Crippen LogP contribution in [0.2, 0.25) is 0 Å². The Bertz CT molecular complexity index is 835. The van der Waals surface area contributed by atoms with Gasteiger partial charge in [0.1, 0.15) is 5.76 Å². The molecule has 0 aliphatic heterocycles. The molecule has 0 saturated heterocycles. The number of rotatable bonds is 7. The molecule has 7 heteroatoms. The quantitative estimate of drug-likeness (QED) is 0.806. The van der Waals surface area contributed by atoms with Gasteiger partial charge in [-0.25, -0.2) is 8.42 Å². The lowest BCUT2D eigenvalue weighted by molar-refractivity contribution is -0.122. The van der Waals surface area contributed by atoms with Gasteiger partial charge in [0.15, 0.2) is 0 Å². The number of nitrogens with one attached hydrogen (secondary N) is 1. The van der Waals surface area contributed by atoms with Crippen LogP contribution in [0.5, 0.6) is 0 Å². The van der Waals surface area contributed by atoms with Crippen LogP contribution in [0.15, 0.2) is 58.6 Å². The Balaban J connectivity index is 2.20. The van der Waals surface area contributed by atoms with Gasteiger partial charge in [0.2, 0.25) is 15.9 Å². The predicted octanol–water partition coefficient (Wildman–Crippen LogP) is 3.00. The molecular weight excluding hydrogens is 352 g/mol. The summed E-state index contributed by atoms with van der Waals surface area (Å²) in [6.45, 7) is 5.20. The standard InChI is InChI=1S/C19H24N2O4S/c1-19(2,3)20-18(22)15-21(14-17-10-7-12-25-17)26(23,24)13-11-16-8-5-4-6-9-16/h4-13H,14-15H2,1-3H3,(H,20,22)/b13-11+. The molecule has 0 radical (unpaired) electrons. The lowest BCUT2D eigenvalue weighted by Crippen LogP contribution is -2.46. The van der Waals surface area contributed by atoms with Gasteiger partial charge in [0.05, 0.1) is 19.4 Å². The fourth-order valence-corrected chi connectivity index (χ4v) is 3.35. The molecule has 0 bridgehead atoms. The van der Waals surface area contributed by atoms with Crippen molar-refractivity contribution in [1.29, 1.82) is 0 Å². The van der Waals surface area contributed by atoms with Crippen molar-refractivity contribution in [1.82, 2.24) is 9.62 Å². The van der Waals surface area contributed by atoms with Gasteiger partial charge in [-0.1, -0.05) is 30.3 Å². The van der Waals surface area contributed by atoms with Gasteiger partial charge < -0.3 is 9.73 Å². The zero-order chi connectivity index (χ0) is 19.2. The lowest BCUT2D eigenvalue weighted by Gasteiger charge is -2.24. The Morgan fingerprint density at radius 1 is 1.15 bits per heavy atom. The SMILES string of the molecule is CC(C)(C)NC(=O)CN(Cc1ccco1)S(=O)(=O)/C=C/c1ccccc1. The minimum atomic E-state index is -3.82. The van der Waals surface area contributed by atoms with Crippen molar-refractivity contribution < 1.29 is 17.6 Å². The fraction of sp³-hybridized carbons (Fsp3) is 0.316. The normalized spacial score (nSPS) is 12.6. The molecule has 1 aromatic heterocycles. The summed E-state index contributed by atoms with van der Waals surface area (Å²) in [5.41, 5.74) is 0.310. The van der Waals surface area contributed by atoms with Gasteiger partial charge in [-0.3, -0.25) is 4.79 Å². The minimum absolute atomic E-state index is 0.0218. The van der Waals surface area contributed by atoms with Crippen molar-refractivity contribution in [3.63, 3.8) is 0 Å². The highest BCUT2D eigenvalue weighted by Crippen LogP contribution is 2.13. The highest BCUT2D eigenvalue weighted by molar-refractivity contribution is 7.92. The van der Waals surface area contributed by atoms with E-state index in [9.17, 15) is 13.2 Å². The zero-order valence-corrected chi connectivity index (χ0v) is 16.0. The number of furan rings is 1. The van der Waals surface area contributed by atoms with Crippen LogP contribution in [0.1, 0.15) is 32.1 Å².